The van der Waals surface area contributed by atoms with Crippen molar-refractivity contribution in [1.29, 1.82) is 0 Å². The van der Waals surface area contributed by atoms with Crippen molar-refractivity contribution < 1.29 is 9.53 Å². The lowest BCUT2D eigenvalue weighted by atomic mass is 10.1. The molecule has 0 spiro atoms. The van der Waals surface area contributed by atoms with Gasteiger partial charge >= 0.3 is 0 Å². The Hall–Kier alpha value is -3.12. The number of amides is 1. The molecular formula is C22H23N3O3. The molecule has 1 amide bonds. The molecule has 4 rings (SSSR count). The highest BCUT2D eigenvalue weighted by Gasteiger charge is 2.23. The molecule has 1 aromatic heterocycles. The fourth-order valence-corrected chi connectivity index (χ4v) is 3.53. The average molecular weight is 377 g/mol. The predicted octanol–water partition coefficient (Wildman–Crippen LogP) is 2.36. The van der Waals surface area contributed by atoms with Crippen molar-refractivity contribution in [2.45, 2.75) is 0 Å². The molecule has 0 unspecified atom stereocenters. The number of piperazine rings is 1. The standard InChI is InChI=1S/C22H23N3O3/c26-21-10-9-18-19(7-4-8-20(18)23-21)22(27)25-13-11-24(12-14-25)15-16-28-17-5-2-1-3-6-17/h1-10H,11-16H2,(H,23,26). The Morgan fingerprint density at radius 3 is 2.50 bits per heavy atom. The Kier molecular flexibility index (Phi) is 5.39. The fraction of sp³-hybridized carbons (Fsp3) is 0.273. The van der Waals surface area contributed by atoms with Gasteiger partial charge in [-0.3, -0.25) is 14.5 Å². The summed E-state index contributed by atoms with van der Waals surface area (Å²) in [4.78, 5) is 31.5. The molecule has 1 fully saturated rings. The van der Waals surface area contributed by atoms with E-state index in [0.717, 1.165) is 30.8 Å². The molecule has 0 radical (unpaired) electrons. The van der Waals surface area contributed by atoms with E-state index in [1.807, 2.05) is 53.4 Å². The third-order valence-corrected chi connectivity index (χ3v) is 5.07. The number of benzene rings is 2. The summed E-state index contributed by atoms with van der Waals surface area (Å²) in [6.07, 6.45) is 0. The first-order chi connectivity index (χ1) is 13.7. The van der Waals surface area contributed by atoms with Crippen LogP contribution in [-0.4, -0.2) is 60.0 Å². The van der Waals surface area contributed by atoms with E-state index in [1.54, 1.807) is 6.07 Å². The summed E-state index contributed by atoms with van der Waals surface area (Å²) in [5.74, 6) is 0.892. The molecule has 6 heteroatoms. The number of aromatic nitrogens is 1. The van der Waals surface area contributed by atoms with Gasteiger partial charge in [0.25, 0.3) is 5.91 Å². The van der Waals surface area contributed by atoms with Crippen LogP contribution in [0.25, 0.3) is 10.9 Å². The lowest BCUT2D eigenvalue weighted by Gasteiger charge is -2.34. The molecule has 2 aromatic carbocycles. The summed E-state index contributed by atoms with van der Waals surface area (Å²) in [6.45, 7) is 4.49. The predicted molar refractivity (Wildman–Crippen MR) is 109 cm³/mol. The van der Waals surface area contributed by atoms with Gasteiger partial charge in [0.05, 0.1) is 0 Å². The number of fused-ring (bicyclic) bond motifs is 1. The monoisotopic (exact) mass is 377 g/mol. The van der Waals surface area contributed by atoms with E-state index in [2.05, 4.69) is 9.88 Å². The second-order valence-corrected chi connectivity index (χ2v) is 6.88. The van der Waals surface area contributed by atoms with E-state index in [4.69, 9.17) is 4.74 Å². The van der Waals surface area contributed by atoms with Crippen LogP contribution in [0, 0.1) is 0 Å². The minimum absolute atomic E-state index is 0.0119. The second kappa shape index (κ2) is 8.27. The third kappa shape index (κ3) is 4.07. The van der Waals surface area contributed by atoms with Crippen molar-refractivity contribution in [3.63, 3.8) is 0 Å². The molecule has 1 aliphatic rings. The van der Waals surface area contributed by atoms with E-state index >= 15 is 0 Å². The molecule has 3 aromatic rings. The SMILES string of the molecule is O=C(c1cccc2[nH]c(=O)ccc12)N1CCN(CCOc2ccccc2)CC1. The number of pyridine rings is 1. The number of nitrogens with one attached hydrogen (secondary N) is 1. The number of hydrogen-bond acceptors (Lipinski definition) is 4. The van der Waals surface area contributed by atoms with Crippen LogP contribution in [-0.2, 0) is 0 Å². The molecule has 1 saturated heterocycles. The molecule has 144 valence electrons. The number of carbonyl (C=O) groups excluding carboxylic acids is 1. The zero-order valence-corrected chi connectivity index (χ0v) is 15.6. The van der Waals surface area contributed by atoms with E-state index < -0.39 is 0 Å². The molecule has 28 heavy (non-hydrogen) atoms. The quantitative estimate of drug-likeness (QED) is 0.741. The topological polar surface area (TPSA) is 65.6 Å². The largest absolute Gasteiger partial charge is 0.492 e. The van der Waals surface area contributed by atoms with Crippen LogP contribution in [0.5, 0.6) is 5.75 Å². The first-order valence-corrected chi connectivity index (χ1v) is 9.52. The Morgan fingerprint density at radius 1 is 0.929 bits per heavy atom. The fourth-order valence-electron chi connectivity index (χ4n) is 3.53. The smallest absolute Gasteiger partial charge is 0.254 e. The zero-order chi connectivity index (χ0) is 19.3. The van der Waals surface area contributed by atoms with Crippen LogP contribution >= 0.6 is 0 Å². The number of nitrogens with zero attached hydrogens (tertiary/aromatic N) is 2. The van der Waals surface area contributed by atoms with Gasteiger partial charge in [0.1, 0.15) is 12.4 Å². The summed E-state index contributed by atoms with van der Waals surface area (Å²) in [5, 5.41) is 0.783. The Bertz CT molecular complexity index is 1010. The van der Waals surface area contributed by atoms with E-state index in [-0.39, 0.29) is 11.5 Å². The highest BCUT2D eigenvalue weighted by molar-refractivity contribution is 6.06. The van der Waals surface area contributed by atoms with Gasteiger partial charge < -0.3 is 14.6 Å². The summed E-state index contributed by atoms with van der Waals surface area (Å²) >= 11 is 0. The van der Waals surface area contributed by atoms with Crippen LogP contribution < -0.4 is 10.3 Å². The number of rotatable bonds is 5. The second-order valence-electron chi connectivity index (χ2n) is 6.88. The van der Waals surface area contributed by atoms with Gasteiger partial charge in [-0.15, -0.1) is 0 Å². The van der Waals surface area contributed by atoms with E-state index in [0.29, 0.717) is 30.8 Å². The molecule has 0 bridgehead atoms. The molecule has 0 aliphatic carbocycles. The number of para-hydroxylation sites is 1. The van der Waals surface area contributed by atoms with Gasteiger partial charge in [0.15, 0.2) is 0 Å². The minimum Gasteiger partial charge on any atom is -0.492 e. The molecule has 6 nitrogen and oxygen atoms in total. The molecular weight excluding hydrogens is 354 g/mol. The molecule has 0 atom stereocenters. The average Bonchev–Trinajstić information content (AvgIpc) is 2.74. The van der Waals surface area contributed by atoms with Gasteiger partial charge in [0, 0.05) is 55.3 Å². The maximum atomic E-state index is 13.0. The van der Waals surface area contributed by atoms with Gasteiger partial charge in [0.2, 0.25) is 5.56 Å². The van der Waals surface area contributed by atoms with E-state index in [1.165, 1.54) is 6.07 Å². The Balaban J connectivity index is 1.34. The highest BCUT2D eigenvalue weighted by atomic mass is 16.5. The van der Waals surface area contributed by atoms with Crippen LogP contribution in [0.1, 0.15) is 10.4 Å². The maximum absolute atomic E-state index is 13.0. The molecule has 2 heterocycles. The van der Waals surface area contributed by atoms with Gasteiger partial charge in [-0.1, -0.05) is 24.3 Å². The zero-order valence-electron chi connectivity index (χ0n) is 15.6. The molecule has 1 aliphatic heterocycles. The number of hydrogen-bond donors (Lipinski definition) is 1. The minimum atomic E-state index is -0.163. The van der Waals surface area contributed by atoms with Gasteiger partial charge in [-0.2, -0.15) is 0 Å². The van der Waals surface area contributed by atoms with Crippen molar-refractivity contribution in [3.8, 4) is 5.75 Å². The maximum Gasteiger partial charge on any atom is 0.254 e. The van der Waals surface area contributed by atoms with Crippen LogP contribution in [0.15, 0.2) is 65.5 Å². The van der Waals surface area contributed by atoms with Gasteiger partial charge in [-0.25, -0.2) is 0 Å². The van der Waals surface area contributed by atoms with Crippen molar-refractivity contribution >= 4 is 16.8 Å². The Morgan fingerprint density at radius 2 is 1.71 bits per heavy atom. The summed E-state index contributed by atoms with van der Waals surface area (Å²) in [6, 6.07) is 18.4. The number of carbonyl (C=O) groups is 1. The van der Waals surface area contributed by atoms with Crippen molar-refractivity contribution in [1.82, 2.24) is 14.8 Å². The summed E-state index contributed by atoms with van der Waals surface area (Å²) < 4.78 is 5.76. The normalized spacial score (nSPS) is 14.9. The number of ether oxygens (including phenoxy) is 1. The highest BCUT2D eigenvalue weighted by Crippen LogP contribution is 2.18. The van der Waals surface area contributed by atoms with E-state index in [9.17, 15) is 9.59 Å². The number of H-pyrrole nitrogens is 1. The number of aromatic amines is 1. The first kappa shape index (κ1) is 18.3. The molecule has 0 saturated carbocycles. The van der Waals surface area contributed by atoms with Crippen molar-refractivity contribution in [2.24, 2.45) is 0 Å². The van der Waals surface area contributed by atoms with Crippen molar-refractivity contribution in [2.75, 3.05) is 39.3 Å². The van der Waals surface area contributed by atoms with Crippen LogP contribution in [0.4, 0.5) is 0 Å². The van der Waals surface area contributed by atoms with Gasteiger partial charge in [-0.05, 0) is 30.3 Å². The first-order valence-electron chi connectivity index (χ1n) is 9.52. The summed E-state index contributed by atoms with van der Waals surface area (Å²) in [7, 11) is 0. The summed E-state index contributed by atoms with van der Waals surface area (Å²) in [5.41, 5.74) is 1.16. The van der Waals surface area contributed by atoms with Crippen LogP contribution in [0.2, 0.25) is 0 Å². The lowest BCUT2D eigenvalue weighted by Crippen LogP contribution is -2.49. The third-order valence-electron chi connectivity index (χ3n) is 5.07. The lowest BCUT2D eigenvalue weighted by molar-refractivity contribution is 0.0622. The van der Waals surface area contributed by atoms with Crippen LogP contribution in [0.3, 0.4) is 0 Å². The molecule has 1 N–H and O–H groups in total. The van der Waals surface area contributed by atoms with Crippen molar-refractivity contribution in [3.05, 3.63) is 76.6 Å². The Labute approximate surface area is 163 Å².